The molecule has 0 aromatic rings. The molecule has 1 nitrogen and oxygen atoms in total. The maximum absolute atomic E-state index is 5.97. The summed E-state index contributed by atoms with van der Waals surface area (Å²) >= 11 is 1.87. The van der Waals surface area contributed by atoms with E-state index in [9.17, 15) is 0 Å². The van der Waals surface area contributed by atoms with Crippen molar-refractivity contribution in [2.24, 2.45) is 0 Å². The Bertz CT molecular complexity index is 118. The third-order valence-corrected chi connectivity index (χ3v) is 3.38. The molecule has 0 amide bonds. The number of hydrogen-bond acceptors (Lipinski definition) is 2. The molecule has 0 aliphatic heterocycles. The van der Waals surface area contributed by atoms with Crippen LogP contribution in [0.15, 0.2) is 0 Å². The minimum atomic E-state index is -1.35. The average Bonchev–Trinajstić information content (AvgIpc) is 1.55. The van der Waals surface area contributed by atoms with Crippen LogP contribution in [-0.2, 0) is 4.43 Å². The van der Waals surface area contributed by atoms with E-state index >= 15 is 0 Å². The molecule has 0 bridgehead atoms. The van der Waals surface area contributed by atoms with Crippen LogP contribution in [0, 0.1) is 0 Å². The predicted octanol–water partition coefficient (Wildman–Crippen LogP) is 3.33. The Kier molecular flexibility index (Phi) is 4.15. The summed E-state index contributed by atoms with van der Waals surface area (Å²) in [6.07, 6.45) is 0. The quantitative estimate of drug-likeness (QED) is 0.499. The van der Waals surface area contributed by atoms with Crippen molar-refractivity contribution in [3.63, 3.8) is 0 Å². The maximum atomic E-state index is 5.97. The monoisotopic (exact) mass is 192 g/mol. The molecule has 0 saturated carbocycles. The summed E-state index contributed by atoms with van der Waals surface area (Å²) in [6.45, 7) is 13.2. The van der Waals surface area contributed by atoms with Crippen LogP contribution in [0.4, 0.5) is 0 Å². The van der Waals surface area contributed by atoms with E-state index in [0.717, 1.165) is 5.75 Å². The largest absolute Gasteiger partial charge is 0.404 e. The fourth-order valence-electron chi connectivity index (χ4n) is 1.11. The first-order valence-corrected chi connectivity index (χ1v) is 8.50. The van der Waals surface area contributed by atoms with Crippen LogP contribution in [0.5, 0.6) is 0 Å². The van der Waals surface area contributed by atoms with E-state index in [1.807, 2.05) is 11.8 Å². The molecule has 11 heavy (non-hydrogen) atoms. The van der Waals surface area contributed by atoms with Crippen molar-refractivity contribution >= 4 is 20.1 Å². The number of hydrogen-bond donors (Lipinski definition) is 0. The van der Waals surface area contributed by atoms with E-state index in [2.05, 4.69) is 40.4 Å². The molecule has 0 aromatic heterocycles. The first-order chi connectivity index (χ1) is 4.77. The molecule has 0 N–H and O–H groups in total. The highest BCUT2D eigenvalue weighted by Gasteiger charge is 2.26. The molecule has 0 aliphatic rings. The Labute approximate surface area is 76.0 Å². The van der Waals surface area contributed by atoms with Gasteiger partial charge in [-0.25, -0.2) is 0 Å². The molecule has 0 fully saturated rings. The smallest absolute Gasteiger partial charge is 0.185 e. The molecular formula is C8H20OSSi. The van der Waals surface area contributed by atoms with Crippen molar-refractivity contribution < 1.29 is 4.43 Å². The van der Waals surface area contributed by atoms with Crippen molar-refractivity contribution in [3.05, 3.63) is 0 Å². The van der Waals surface area contributed by atoms with Gasteiger partial charge in [-0.15, -0.1) is 11.8 Å². The molecular weight excluding hydrogens is 172 g/mol. The van der Waals surface area contributed by atoms with Crippen LogP contribution in [0.2, 0.25) is 19.6 Å². The van der Waals surface area contributed by atoms with Crippen molar-refractivity contribution in [1.29, 1.82) is 0 Å². The molecule has 0 radical (unpaired) electrons. The maximum Gasteiger partial charge on any atom is 0.185 e. The molecule has 0 heterocycles. The van der Waals surface area contributed by atoms with Crippen LogP contribution in [0.1, 0.15) is 20.8 Å². The Morgan fingerprint density at radius 2 is 1.73 bits per heavy atom. The van der Waals surface area contributed by atoms with Gasteiger partial charge in [-0.3, -0.25) is 0 Å². The fourth-order valence-corrected chi connectivity index (χ4v) is 4.27. The van der Waals surface area contributed by atoms with Crippen LogP contribution >= 0.6 is 11.8 Å². The molecule has 0 atom stereocenters. The molecule has 0 aliphatic carbocycles. The highest BCUT2D eigenvalue weighted by molar-refractivity contribution is 8.00. The zero-order chi connectivity index (χ0) is 9.12. The van der Waals surface area contributed by atoms with Crippen LogP contribution in [-0.4, -0.2) is 19.0 Å². The Morgan fingerprint density at radius 1 is 1.27 bits per heavy atom. The standard InChI is InChI=1S/C8H20OSSi/c1-7-10-8(2,3)9-11(4,5)6/h7H2,1-6H3. The summed E-state index contributed by atoms with van der Waals surface area (Å²) in [5, 5.41) is 0. The molecule has 68 valence electrons. The van der Waals surface area contributed by atoms with Crippen LogP contribution in [0.3, 0.4) is 0 Å². The van der Waals surface area contributed by atoms with E-state index in [1.165, 1.54) is 0 Å². The Hall–Kier alpha value is 0.527. The first-order valence-electron chi connectivity index (χ1n) is 4.11. The second-order valence-corrected chi connectivity index (χ2v) is 10.3. The topological polar surface area (TPSA) is 9.23 Å². The minimum Gasteiger partial charge on any atom is -0.404 e. The molecule has 0 unspecified atom stereocenters. The van der Waals surface area contributed by atoms with Gasteiger partial charge in [0.25, 0.3) is 0 Å². The van der Waals surface area contributed by atoms with Gasteiger partial charge < -0.3 is 4.43 Å². The Balaban J connectivity index is 3.91. The van der Waals surface area contributed by atoms with Gasteiger partial charge in [0.2, 0.25) is 0 Å². The zero-order valence-corrected chi connectivity index (χ0v) is 10.3. The predicted molar refractivity (Wildman–Crippen MR) is 56.6 cm³/mol. The average molecular weight is 192 g/mol. The molecule has 0 aromatic carbocycles. The van der Waals surface area contributed by atoms with E-state index in [4.69, 9.17) is 4.43 Å². The molecule has 0 rings (SSSR count). The second-order valence-electron chi connectivity index (χ2n) is 4.05. The van der Waals surface area contributed by atoms with Gasteiger partial charge in [0.05, 0.1) is 4.93 Å². The lowest BCUT2D eigenvalue weighted by Gasteiger charge is -2.32. The van der Waals surface area contributed by atoms with Crippen molar-refractivity contribution in [2.75, 3.05) is 5.75 Å². The molecule has 0 saturated heterocycles. The van der Waals surface area contributed by atoms with Crippen molar-refractivity contribution in [2.45, 2.75) is 45.3 Å². The Morgan fingerprint density at radius 3 is 2.00 bits per heavy atom. The van der Waals surface area contributed by atoms with Gasteiger partial charge in [0, 0.05) is 0 Å². The van der Waals surface area contributed by atoms with Gasteiger partial charge in [-0.2, -0.15) is 0 Å². The third kappa shape index (κ3) is 6.91. The van der Waals surface area contributed by atoms with Crippen molar-refractivity contribution in [3.8, 4) is 0 Å². The van der Waals surface area contributed by atoms with Gasteiger partial charge in [0.1, 0.15) is 0 Å². The highest BCUT2D eigenvalue weighted by atomic mass is 32.2. The lowest BCUT2D eigenvalue weighted by atomic mass is 10.5. The fraction of sp³-hybridized carbons (Fsp3) is 1.00. The third-order valence-electron chi connectivity index (χ3n) is 1.04. The highest BCUT2D eigenvalue weighted by Crippen LogP contribution is 2.28. The number of thioether (sulfide) groups is 1. The second kappa shape index (κ2) is 3.96. The van der Waals surface area contributed by atoms with E-state index in [0.29, 0.717) is 0 Å². The summed E-state index contributed by atoms with van der Waals surface area (Å²) in [4.78, 5) is 0.0131. The minimum absolute atomic E-state index is 0.0131. The lowest BCUT2D eigenvalue weighted by molar-refractivity contribution is 0.199. The molecule has 0 spiro atoms. The van der Waals surface area contributed by atoms with Gasteiger partial charge in [0.15, 0.2) is 8.32 Å². The molecule has 3 heteroatoms. The summed E-state index contributed by atoms with van der Waals surface area (Å²) in [5.74, 6) is 1.12. The summed E-state index contributed by atoms with van der Waals surface area (Å²) in [5.41, 5.74) is 0. The summed E-state index contributed by atoms with van der Waals surface area (Å²) in [6, 6.07) is 0. The lowest BCUT2D eigenvalue weighted by Crippen LogP contribution is -2.36. The summed E-state index contributed by atoms with van der Waals surface area (Å²) < 4.78 is 5.97. The van der Waals surface area contributed by atoms with Crippen LogP contribution in [0.25, 0.3) is 0 Å². The van der Waals surface area contributed by atoms with Gasteiger partial charge in [-0.1, -0.05) is 6.92 Å². The zero-order valence-electron chi connectivity index (χ0n) is 8.52. The van der Waals surface area contributed by atoms with E-state index in [1.54, 1.807) is 0 Å². The van der Waals surface area contributed by atoms with Crippen molar-refractivity contribution in [1.82, 2.24) is 0 Å². The SMILES string of the molecule is CCSC(C)(C)O[Si](C)(C)C. The first kappa shape index (κ1) is 11.5. The number of rotatable bonds is 4. The van der Waals surface area contributed by atoms with E-state index < -0.39 is 8.32 Å². The normalized spacial score (nSPS) is 13.6. The van der Waals surface area contributed by atoms with Gasteiger partial charge >= 0.3 is 0 Å². The van der Waals surface area contributed by atoms with E-state index in [-0.39, 0.29) is 4.93 Å². The van der Waals surface area contributed by atoms with Gasteiger partial charge in [-0.05, 0) is 39.2 Å². The van der Waals surface area contributed by atoms with Crippen LogP contribution < -0.4 is 0 Å². The summed E-state index contributed by atoms with van der Waals surface area (Å²) in [7, 11) is -1.35.